The van der Waals surface area contributed by atoms with Crippen molar-refractivity contribution in [3.05, 3.63) is 290 Å². The molecule has 8 heteroatoms. The van der Waals surface area contributed by atoms with Crippen molar-refractivity contribution in [2.45, 2.75) is 19.8 Å². The second kappa shape index (κ2) is 19.2. The molecule has 1 atom stereocenters. The summed E-state index contributed by atoms with van der Waals surface area (Å²) in [5.74, 6) is 1.75. The first-order valence-corrected chi connectivity index (χ1v) is 29.0. The second-order valence-corrected chi connectivity index (χ2v) is 22.3. The molecule has 0 saturated carbocycles. The molecule has 0 aliphatic carbocycles. The Morgan fingerprint density at radius 3 is 1.32 bits per heavy atom. The Kier molecular flexibility index (Phi) is 10.9. The van der Waals surface area contributed by atoms with Gasteiger partial charge >= 0.3 is 0 Å². The van der Waals surface area contributed by atoms with Gasteiger partial charge in [-0.3, -0.25) is 9.55 Å². The van der Waals surface area contributed by atoms with Crippen LogP contribution in [0.1, 0.15) is 29.5 Å². The third-order valence-electron chi connectivity index (χ3n) is 17.6. The molecule has 0 bridgehead atoms. The van der Waals surface area contributed by atoms with Crippen LogP contribution in [0, 0.1) is 6.92 Å². The van der Waals surface area contributed by atoms with Gasteiger partial charge in [0.1, 0.15) is 0 Å². The quantitative estimate of drug-likeness (QED) is 0.144. The lowest BCUT2D eigenvalue weighted by Gasteiger charge is -2.20. The molecular weight excluding hydrogens is 1040 g/mol. The molecule has 8 nitrogen and oxygen atoms in total. The molecule has 400 valence electrons. The van der Waals surface area contributed by atoms with Crippen LogP contribution >= 0.6 is 0 Å². The van der Waals surface area contributed by atoms with Gasteiger partial charge in [-0.25, -0.2) is 4.98 Å². The zero-order valence-corrected chi connectivity index (χ0v) is 46.6. The van der Waals surface area contributed by atoms with E-state index in [2.05, 4.69) is 293 Å². The summed E-state index contributed by atoms with van der Waals surface area (Å²) < 4.78 is 9.28. The molecule has 85 heavy (non-hydrogen) atoms. The van der Waals surface area contributed by atoms with Crippen molar-refractivity contribution >= 4 is 87.4 Å². The van der Waals surface area contributed by atoms with Crippen LogP contribution in [-0.4, -0.2) is 38.2 Å². The minimum Gasteiger partial charge on any atom is -0.309 e. The number of hydrogen-bond acceptors (Lipinski definition) is 4. The maximum atomic E-state index is 5.33. The Morgan fingerprint density at radius 1 is 0.318 bits per heavy atom. The zero-order chi connectivity index (χ0) is 56.3. The first kappa shape index (κ1) is 48.5. The Labute approximate surface area is 489 Å². The molecule has 17 aromatic rings. The molecule has 0 spiro atoms. The fraction of sp³-hybridized carbons (Fsp3) is 0.0390. The van der Waals surface area contributed by atoms with Crippen molar-refractivity contribution in [1.29, 1.82) is 0 Å². The standard InChI is InChI=1S/C77H52N8/c1-48-33-40-54(83-66-26-11-5-20-58(66)59-21-6-12-27-67(59)83)46-64(48)57-19-4-3-18-56(57)49(2)50-34-36-51(37-35-50)75-79-76(81-77(80-75)85-71-31-16-10-25-63(71)74-73(85)32-17-45-78-74)52-38-41-53(42-39-52)82-70-30-15-9-24-62(70)65-47-55(43-44-72(65)82)84-68-28-13-7-22-60(68)61-23-8-14-29-69(61)84/h3-47,49H,1-2H3/t49-/m1/s1. The first-order chi connectivity index (χ1) is 42.0. The van der Waals surface area contributed by atoms with Gasteiger partial charge in [0.15, 0.2) is 11.6 Å². The molecule has 11 aromatic carbocycles. The lowest BCUT2D eigenvalue weighted by atomic mass is 9.85. The fourth-order valence-electron chi connectivity index (χ4n) is 13.5. The Morgan fingerprint density at radius 2 is 0.741 bits per heavy atom. The summed E-state index contributed by atoms with van der Waals surface area (Å²) in [6, 6.07) is 96.0. The SMILES string of the molecule is Cc1ccc(-n2c3ccccc3c3ccccc32)cc1-c1ccccc1[C@H](C)c1ccc(-c2nc(-c3ccc(-n4c5ccccc5c5cc(-n6c7ccccc7c7ccccc76)ccc54)cc3)nc(-n3c4ccccc4c4ncccc43)n2)cc1. The molecule has 6 aromatic heterocycles. The fourth-order valence-corrected chi connectivity index (χ4v) is 13.5. The number of rotatable bonds is 9. The largest absolute Gasteiger partial charge is 0.309 e. The number of pyridine rings is 1. The molecule has 0 N–H and O–H groups in total. The predicted octanol–water partition coefficient (Wildman–Crippen LogP) is 19.1. The van der Waals surface area contributed by atoms with E-state index in [9.17, 15) is 0 Å². The third kappa shape index (κ3) is 7.62. The second-order valence-electron chi connectivity index (χ2n) is 22.3. The summed E-state index contributed by atoms with van der Waals surface area (Å²) in [6.45, 7) is 4.53. The third-order valence-corrected chi connectivity index (χ3v) is 17.6. The van der Waals surface area contributed by atoms with Crippen molar-refractivity contribution < 1.29 is 0 Å². The topological polar surface area (TPSA) is 71.3 Å². The number of nitrogens with zero attached hydrogens (tertiary/aromatic N) is 8. The van der Waals surface area contributed by atoms with Crippen LogP contribution in [0.15, 0.2) is 273 Å². The highest BCUT2D eigenvalue weighted by Crippen LogP contribution is 2.41. The van der Waals surface area contributed by atoms with Gasteiger partial charge in [0, 0.05) is 78.0 Å². The summed E-state index contributed by atoms with van der Waals surface area (Å²) in [7, 11) is 0. The van der Waals surface area contributed by atoms with Crippen LogP contribution in [-0.2, 0) is 0 Å². The van der Waals surface area contributed by atoms with Gasteiger partial charge < -0.3 is 13.7 Å². The van der Waals surface area contributed by atoms with E-state index < -0.39 is 0 Å². The summed E-state index contributed by atoms with van der Waals surface area (Å²) >= 11 is 0. The van der Waals surface area contributed by atoms with Crippen LogP contribution in [0.4, 0.5) is 0 Å². The molecule has 6 heterocycles. The van der Waals surface area contributed by atoms with Gasteiger partial charge in [-0.1, -0.05) is 171 Å². The summed E-state index contributed by atoms with van der Waals surface area (Å²) in [6.07, 6.45) is 1.85. The molecule has 0 unspecified atom stereocenters. The molecule has 0 aliphatic heterocycles. The van der Waals surface area contributed by atoms with E-state index in [0.29, 0.717) is 17.6 Å². The molecule has 0 saturated heterocycles. The molecule has 0 radical (unpaired) electrons. The van der Waals surface area contributed by atoms with Crippen LogP contribution in [0.25, 0.3) is 144 Å². The van der Waals surface area contributed by atoms with Crippen LogP contribution in [0.5, 0.6) is 0 Å². The molecular formula is C77H52N8. The van der Waals surface area contributed by atoms with E-state index in [1.165, 1.54) is 82.2 Å². The van der Waals surface area contributed by atoms with E-state index in [4.69, 9.17) is 19.9 Å². The highest BCUT2D eigenvalue weighted by Gasteiger charge is 2.23. The lowest BCUT2D eigenvalue weighted by molar-refractivity contribution is 0.923. The number of fused-ring (bicyclic) bond motifs is 12. The van der Waals surface area contributed by atoms with Gasteiger partial charge in [0.05, 0.1) is 49.7 Å². The van der Waals surface area contributed by atoms with E-state index in [0.717, 1.165) is 61.2 Å². The number of hydrogen-bond donors (Lipinski definition) is 0. The van der Waals surface area contributed by atoms with Gasteiger partial charge in [0.25, 0.3) is 0 Å². The van der Waals surface area contributed by atoms with Crippen LogP contribution < -0.4 is 0 Å². The molecule has 17 rings (SSSR count). The number of para-hydroxylation sites is 6. The minimum absolute atomic E-state index is 0.0753. The Bertz CT molecular complexity index is 5360. The maximum absolute atomic E-state index is 5.33. The average Bonchev–Trinajstić information content (AvgIpc) is 2.10. The molecule has 0 aliphatic rings. The van der Waals surface area contributed by atoms with Crippen molar-refractivity contribution in [1.82, 2.24) is 38.2 Å². The summed E-state index contributed by atoms with van der Waals surface area (Å²) in [5.41, 5.74) is 21.0. The van der Waals surface area contributed by atoms with Gasteiger partial charge in [0.2, 0.25) is 5.95 Å². The van der Waals surface area contributed by atoms with Crippen molar-refractivity contribution in [2.75, 3.05) is 0 Å². The Balaban J connectivity index is 0.752. The number of aromatic nitrogens is 8. The average molecular weight is 1090 g/mol. The smallest absolute Gasteiger partial charge is 0.238 e. The van der Waals surface area contributed by atoms with Crippen molar-refractivity contribution in [2.24, 2.45) is 0 Å². The number of aryl methyl sites for hydroxylation is 1. The first-order valence-electron chi connectivity index (χ1n) is 29.0. The highest BCUT2D eigenvalue weighted by molar-refractivity contribution is 6.13. The maximum Gasteiger partial charge on any atom is 0.238 e. The van der Waals surface area contributed by atoms with E-state index in [1.807, 2.05) is 12.3 Å². The summed E-state index contributed by atoms with van der Waals surface area (Å²) in [5, 5.41) is 8.41. The van der Waals surface area contributed by atoms with E-state index in [1.54, 1.807) is 0 Å². The van der Waals surface area contributed by atoms with E-state index >= 15 is 0 Å². The monoisotopic (exact) mass is 1090 g/mol. The molecule has 0 amide bonds. The molecule has 0 fully saturated rings. The zero-order valence-electron chi connectivity index (χ0n) is 46.6. The minimum atomic E-state index is 0.0753. The summed E-state index contributed by atoms with van der Waals surface area (Å²) in [4.78, 5) is 20.8. The van der Waals surface area contributed by atoms with Crippen molar-refractivity contribution in [3.8, 4) is 56.9 Å². The van der Waals surface area contributed by atoms with Gasteiger partial charge in [-0.2, -0.15) is 9.97 Å². The Hall–Kier alpha value is -11.2. The van der Waals surface area contributed by atoms with E-state index in [-0.39, 0.29) is 5.92 Å². The highest BCUT2D eigenvalue weighted by atomic mass is 15.2. The lowest BCUT2D eigenvalue weighted by Crippen LogP contribution is -2.06. The van der Waals surface area contributed by atoms with Crippen LogP contribution in [0.2, 0.25) is 0 Å². The van der Waals surface area contributed by atoms with Crippen molar-refractivity contribution in [3.63, 3.8) is 0 Å². The predicted molar refractivity (Wildman–Crippen MR) is 350 cm³/mol. The van der Waals surface area contributed by atoms with Gasteiger partial charge in [-0.15, -0.1) is 0 Å². The normalized spacial score (nSPS) is 12.3. The number of benzene rings is 11. The van der Waals surface area contributed by atoms with Gasteiger partial charge in [-0.05, 0) is 138 Å². The van der Waals surface area contributed by atoms with Crippen LogP contribution in [0.3, 0.4) is 0 Å².